The minimum Gasteiger partial charge on any atom is -0.338 e. The number of thioether (sulfide) groups is 1. The lowest BCUT2D eigenvalue weighted by Gasteiger charge is -2.07. The van der Waals surface area contributed by atoms with E-state index in [1.807, 2.05) is 56.3 Å². The van der Waals surface area contributed by atoms with Crippen LogP contribution >= 0.6 is 11.8 Å². The Bertz CT molecular complexity index is 1040. The molecule has 0 saturated heterocycles. The van der Waals surface area contributed by atoms with Crippen LogP contribution in [-0.2, 0) is 12.3 Å². The molecule has 0 fully saturated rings. The molecule has 0 spiro atoms. The van der Waals surface area contributed by atoms with Gasteiger partial charge in [0.05, 0.1) is 12.3 Å². The fraction of sp³-hybridized carbons (Fsp3) is 0.200. The molecule has 27 heavy (non-hydrogen) atoms. The van der Waals surface area contributed by atoms with E-state index >= 15 is 0 Å². The van der Waals surface area contributed by atoms with Gasteiger partial charge in [-0.25, -0.2) is 0 Å². The summed E-state index contributed by atoms with van der Waals surface area (Å²) in [4.78, 5) is 4.52. The molecule has 6 nitrogen and oxygen atoms in total. The molecule has 0 aliphatic heterocycles. The zero-order valence-corrected chi connectivity index (χ0v) is 16.0. The van der Waals surface area contributed by atoms with Crippen LogP contribution in [0, 0.1) is 13.8 Å². The molecule has 0 amide bonds. The first-order valence-corrected chi connectivity index (χ1v) is 9.64. The van der Waals surface area contributed by atoms with Crippen LogP contribution in [0.3, 0.4) is 0 Å². The number of rotatable bonds is 6. The lowest BCUT2D eigenvalue weighted by atomic mass is 10.1. The third-order valence-corrected chi connectivity index (χ3v) is 5.22. The molecular formula is C20H19N5OS. The Balaban J connectivity index is 1.48. The molecule has 0 bridgehead atoms. The van der Waals surface area contributed by atoms with Crippen LogP contribution in [0.2, 0.25) is 0 Å². The maximum atomic E-state index is 5.42. The molecule has 2 aromatic carbocycles. The van der Waals surface area contributed by atoms with E-state index in [9.17, 15) is 0 Å². The lowest BCUT2D eigenvalue weighted by Crippen LogP contribution is -2.03. The second kappa shape index (κ2) is 7.75. The molecule has 2 aromatic heterocycles. The first kappa shape index (κ1) is 17.5. The Morgan fingerprint density at radius 1 is 0.963 bits per heavy atom. The maximum absolute atomic E-state index is 5.42. The van der Waals surface area contributed by atoms with Crippen molar-refractivity contribution in [3.05, 3.63) is 77.4 Å². The average molecular weight is 377 g/mol. The minimum absolute atomic E-state index is 0.547. The second-order valence-corrected chi connectivity index (χ2v) is 7.16. The molecule has 0 saturated carbocycles. The molecule has 0 aliphatic carbocycles. The Morgan fingerprint density at radius 2 is 1.74 bits per heavy atom. The average Bonchev–Trinajstić information content (AvgIpc) is 3.29. The van der Waals surface area contributed by atoms with Crippen molar-refractivity contribution in [1.29, 1.82) is 0 Å². The summed E-state index contributed by atoms with van der Waals surface area (Å²) in [5.74, 6) is 2.62. The van der Waals surface area contributed by atoms with Gasteiger partial charge in [-0.2, -0.15) is 4.98 Å². The van der Waals surface area contributed by atoms with Gasteiger partial charge in [-0.3, -0.25) is 0 Å². The molecule has 0 aliphatic rings. The molecule has 0 unspecified atom stereocenters. The van der Waals surface area contributed by atoms with Gasteiger partial charge in [0.2, 0.25) is 11.7 Å². The smallest absolute Gasteiger partial charge is 0.237 e. The van der Waals surface area contributed by atoms with Crippen molar-refractivity contribution in [3.8, 4) is 11.4 Å². The van der Waals surface area contributed by atoms with E-state index in [0.29, 0.717) is 17.5 Å². The van der Waals surface area contributed by atoms with E-state index in [1.165, 1.54) is 5.56 Å². The molecular weight excluding hydrogens is 358 g/mol. The third-order valence-electron chi connectivity index (χ3n) is 4.26. The van der Waals surface area contributed by atoms with E-state index in [1.54, 1.807) is 11.8 Å². The normalized spacial score (nSPS) is 11.0. The highest BCUT2D eigenvalue weighted by Crippen LogP contribution is 2.25. The van der Waals surface area contributed by atoms with Crippen LogP contribution in [-0.4, -0.2) is 24.9 Å². The first-order valence-electron chi connectivity index (χ1n) is 8.66. The number of hydrogen-bond donors (Lipinski definition) is 0. The third kappa shape index (κ3) is 3.93. The number of benzene rings is 2. The van der Waals surface area contributed by atoms with Crippen molar-refractivity contribution in [2.45, 2.75) is 31.3 Å². The Kier molecular flexibility index (Phi) is 5.02. The summed E-state index contributed by atoms with van der Waals surface area (Å²) >= 11 is 1.55. The molecule has 0 atom stereocenters. The van der Waals surface area contributed by atoms with Crippen LogP contribution in [0.4, 0.5) is 0 Å². The van der Waals surface area contributed by atoms with E-state index in [4.69, 9.17) is 4.52 Å². The monoisotopic (exact) mass is 377 g/mol. The fourth-order valence-electron chi connectivity index (χ4n) is 2.79. The van der Waals surface area contributed by atoms with Crippen LogP contribution in [0.1, 0.15) is 22.8 Å². The Labute approximate surface area is 161 Å². The Morgan fingerprint density at radius 3 is 2.56 bits per heavy atom. The lowest BCUT2D eigenvalue weighted by molar-refractivity contribution is 0.391. The molecule has 7 heteroatoms. The van der Waals surface area contributed by atoms with Crippen molar-refractivity contribution in [2.75, 3.05) is 0 Å². The van der Waals surface area contributed by atoms with Gasteiger partial charge in [0.25, 0.3) is 0 Å². The zero-order chi connectivity index (χ0) is 18.6. The predicted octanol–water partition coefficient (Wildman–Crippen LogP) is 4.29. The predicted molar refractivity (Wildman–Crippen MR) is 104 cm³/mol. The topological polar surface area (TPSA) is 69.6 Å². The summed E-state index contributed by atoms with van der Waals surface area (Å²) in [5.41, 5.74) is 3.32. The van der Waals surface area contributed by atoms with Gasteiger partial charge in [0.15, 0.2) is 5.16 Å². The van der Waals surface area contributed by atoms with E-state index in [0.717, 1.165) is 28.7 Å². The summed E-state index contributed by atoms with van der Waals surface area (Å²) in [6.07, 6.45) is 0. The summed E-state index contributed by atoms with van der Waals surface area (Å²) in [7, 11) is 0. The van der Waals surface area contributed by atoms with Crippen molar-refractivity contribution in [3.63, 3.8) is 0 Å². The van der Waals surface area contributed by atoms with E-state index in [2.05, 4.69) is 37.0 Å². The summed E-state index contributed by atoms with van der Waals surface area (Å²) in [6.45, 7) is 4.73. The number of hydrogen-bond acceptors (Lipinski definition) is 6. The molecule has 136 valence electrons. The highest BCUT2D eigenvalue weighted by molar-refractivity contribution is 7.98. The molecule has 4 aromatic rings. The minimum atomic E-state index is 0.547. The summed E-state index contributed by atoms with van der Waals surface area (Å²) in [6, 6.07) is 18.3. The van der Waals surface area contributed by atoms with Gasteiger partial charge in [-0.05, 0) is 25.0 Å². The quantitative estimate of drug-likeness (QED) is 0.467. The molecule has 0 radical (unpaired) electrons. The molecule has 0 N–H and O–H groups in total. The van der Waals surface area contributed by atoms with Gasteiger partial charge in [-0.15, -0.1) is 10.2 Å². The van der Waals surface area contributed by atoms with Crippen LogP contribution in [0.15, 0.2) is 64.3 Å². The van der Waals surface area contributed by atoms with Crippen LogP contribution < -0.4 is 0 Å². The number of aryl methyl sites for hydroxylation is 2. The van der Waals surface area contributed by atoms with Crippen LogP contribution in [0.5, 0.6) is 0 Å². The van der Waals surface area contributed by atoms with Crippen molar-refractivity contribution >= 4 is 11.8 Å². The summed E-state index contributed by atoms with van der Waals surface area (Å²) < 4.78 is 7.52. The van der Waals surface area contributed by atoms with Gasteiger partial charge in [0.1, 0.15) is 5.82 Å². The van der Waals surface area contributed by atoms with Gasteiger partial charge >= 0.3 is 0 Å². The van der Waals surface area contributed by atoms with E-state index in [-0.39, 0.29) is 0 Å². The Hall–Kier alpha value is -2.93. The zero-order valence-electron chi connectivity index (χ0n) is 15.2. The largest absolute Gasteiger partial charge is 0.338 e. The maximum Gasteiger partial charge on any atom is 0.237 e. The van der Waals surface area contributed by atoms with Crippen molar-refractivity contribution in [2.24, 2.45) is 0 Å². The van der Waals surface area contributed by atoms with Gasteiger partial charge < -0.3 is 9.09 Å². The van der Waals surface area contributed by atoms with Crippen molar-refractivity contribution in [1.82, 2.24) is 24.9 Å². The van der Waals surface area contributed by atoms with Crippen LogP contribution in [0.25, 0.3) is 11.4 Å². The summed E-state index contributed by atoms with van der Waals surface area (Å²) in [5, 5.41) is 13.5. The standard InChI is InChI=1S/C20H19N5OS/c1-14-8-6-7-11-17(14)19-21-18(26-24-19)13-27-20-23-22-15(2)25(20)12-16-9-4-3-5-10-16/h3-11H,12-13H2,1-2H3. The number of nitrogens with zero attached hydrogens (tertiary/aromatic N) is 5. The second-order valence-electron chi connectivity index (χ2n) is 6.22. The van der Waals surface area contributed by atoms with Gasteiger partial charge in [-0.1, -0.05) is 71.5 Å². The van der Waals surface area contributed by atoms with Crippen molar-refractivity contribution < 1.29 is 4.52 Å². The highest BCUT2D eigenvalue weighted by atomic mass is 32.2. The highest BCUT2D eigenvalue weighted by Gasteiger charge is 2.14. The van der Waals surface area contributed by atoms with Gasteiger partial charge in [0, 0.05) is 5.56 Å². The number of aromatic nitrogens is 5. The molecule has 2 heterocycles. The first-order chi connectivity index (χ1) is 13.2. The van der Waals surface area contributed by atoms with E-state index < -0.39 is 0 Å². The molecule has 4 rings (SSSR count). The SMILES string of the molecule is Cc1ccccc1-c1noc(CSc2nnc(C)n2Cc2ccccc2)n1. The fourth-order valence-corrected chi connectivity index (χ4v) is 3.61.